The summed E-state index contributed by atoms with van der Waals surface area (Å²) in [5.74, 6) is -6.35. The zero-order chi connectivity index (χ0) is 41.6. The van der Waals surface area contributed by atoms with Crippen molar-refractivity contribution in [2.24, 2.45) is 10.8 Å². The normalized spacial score (nSPS) is 37.7. The molecule has 4 heterocycles. The molecule has 0 amide bonds. The molecule has 15 heteroatoms. The number of cyclic esters (lactones) is 1. The maximum absolute atomic E-state index is 13.3. The molecule has 4 N–H and O–H groups in total. The van der Waals surface area contributed by atoms with Gasteiger partial charge in [-0.15, -0.1) is 0 Å². The fourth-order valence-corrected chi connectivity index (χ4v) is 7.95. The summed E-state index contributed by atoms with van der Waals surface area (Å²) >= 11 is 0. The van der Waals surface area contributed by atoms with E-state index in [9.17, 15) is 39.6 Å². The predicted molar refractivity (Wildman–Crippen MR) is 199 cm³/mol. The summed E-state index contributed by atoms with van der Waals surface area (Å²) in [6.45, 7) is 10.2. The van der Waals surface area contributed by atoms with Crippen LogP contribution in [0.4, 0.5) is 0 Å². The second-order valence-corrected chi connectivity index (χ2v) is 16.9. The van der Waals surface area contributed by atoms with E-state index in [2.05, 4.69) is 0 Å². The highest BCUT2D eigenvalue weighted by atomic mass is 16.6. The molecule has 15 nitrogen and oxygen atoms in total. The maximum atomic E-state index is 13.3. The zero-order valence-electron chi connectivity index (χ0n) is 34.0. The minimum Gasteiger partial charge on any atom is -0.466 e. The molecule has 4 aliphatic heterocycles. The Morgan fingerprint density at radius 2 is 1.52 bits per heavy atom. The summed E-state index contributed by atoms with van der Waals surface area (Å²) in [7, 11) is 2.51. The topological polar surface area (TPSA) is 214 Å². The fraction of sp³-hybridized carbons (Fsp3) is 0.756. The van der Waals surface area contributed by atoms with Gasteiger partial charge in [-0.3, -0.25) is 9.59 Å². The lowest BCUT2D eigenvalue weighted by Gasteiger charge is -2.53. The van der Waals surface area contributed by atoms with Crippen molar-refractivity contribution in [3.8, 4) is 0 Å². The van der Waals surface area contributed by atoms with E-state index in [0.717, 1.165) is 0 Å². The monoisotopic (exact) mass is 794 g/mol. The van der Waals surface area contributed by atoms with E-state index in [1.54, 1.807) is 39.8 Å². The molecule has 56 heavy (non-hydrogen) atoms. The molecule has 10 atom stereocenters. The van der Waals surface area contributed by atoms with Gasteiger partial charge in [-0.05, 0) is 32.6 Å². The third-order valence-corrected chi connectivity index (χ3v) is 11.6. The standard InChI is InChI=1S/C41H62O15/c1-9-10-34(44)54-33-21-30-18-27(43)19-37(47)53-32(24(2)42)20-29-15-26(17-36(46)51-8)22-40(48,55-29)38(3,4)12-11-28-13-25(16-35(45)50-7)14-31(52-28)23-41(49,56-30)39(33,5)6/h11-12,16-17,24,27-33,42-43,48-49H,9-10,13-15,18-23H2,1-8H3/b12-11+,25-16+,26-17+/t24-,27-,28+,29?,30-,31+,32-,33+,40?,41+/m1/s1. The van der Waals surface area contributed by atoms with Gasteiger partial charge in [0.2, 0.25) is 0 Å². The van der Waals surface area contributed by atoms with Crippen LogP contribution in [-0.2, 0) is 52.3 Å². The molecule has 0 aromatic heterocycles. The van der Waals surface area contributed by atoms with Crippen LogP contribution in [0.5, 0.6) is 0 Å². The molecule has 4 aliphatic rings. The number of rotatable bonds is 6. The number of esters is 4. The largest absolute Gasteiger partial charge is 0.466 e. The highest BCUT2D eigenvalue weighted by Crippen LogP contribution is 2.50. The molecule has 0 aromatic carbocycles. The van der Waals surface area contributed by atoms with Gasteiger partial charge in [0.05, 0.1) is 62.7 Å². The van der Waals surface area contributed by atoms with Crippen LogP contribution in [0.25, 0.3) is 0 Å². The SMILES string of the molecule is CCCC(=O)O[C@H]1C[C@H]2C[C@@H](O)CC(=O)O[C@@H]([C@@H](C)O)CC3C/C(=C\C(=O)OC)CC(O)(O3)C(C)(C)/C=C/[C@H]3C/C(=C\C(=O)OC)C[C@@H](C[C@](O)(O2)C1(C)C)O3. The van der Waals surface area contributed by atoms with Gasteiger partial charge >= 0.3 is 23.9 Å². The third-order valence-electron chi connectivity index (χ3n) is 11.6. The van der Waals surface area contributed by atoms with Crippen LogP contribution in [0.2, 0.25) is 0 Å². The van der Waals surface area contributed by atoms with Crippen molar-refractivity contribution >= 4 is 23.9 Å². The van der Waals surface area contributed by atoms with Crippen LogP contribution in [0.1, 0.15) is 112 Å². The Labute approximate surface area is 329 Å². The van der Waals surface area contributed by atoms with Crippen LogP contribution < -0.4 is 0 Å². The van der Waals surface area contributed by atoms with Crippen molar-refractivity contribution in [3.05, 3.63) is 35.5 Å². The van der Waals surface area contributed by atoms with Gasteiger partial charge in [0.1, 0.15) is 12.2 Å². The van der Waals surface area contributed by atoms with Crippen molar-refractivity contribution in [2.45, 2.75) is 173 Å². The number of aliphatic hydroxyl groups is 4. The predicted octanol–water partition coefficient (Wildman–Crippen LogP) is 3.63. The zero-order valence-corrected chi connectivity index (χ0v) is 34.0. The van der Waals surface area contributed by atoms with Gasteiger partial charge in [-0.1, -0.05) is 57.9 Å². The molecule has 316 valence electrons. The first kappa shape index (κ1) is 45.5. The number of hydrogen-bond donors (Lipinski definition) is 4. The summed E-state index contributed by atoms with van der Waals surface area (Å²) in [6.07, 6.45) is -0.748. The maximum Gasteiger partial charge on any atom is 0.330 e. The molecule has 0 spiro atoms. The van der Waals surface area contributed by atoms with E-state index in [-0.39, 0.29) is 57.8 Å². The number of hydrogen-bond acceptors (Lipinski definition) is 15. The van der Waals surface area contributed by atoms with Crippen molar-refractivity contribution < 1.29 is 72.8 Å². The Balaban J connectivity index is 1.80. The Morgan fingerprint density at radius 1 is 0.893 bits per heavy atom. The molecule has 2 unspecified atom stereocenters. The van der Waals surface area contributed by atoms with Crippen LogP contribution in [0.3, 0.4) is 0 Å². The van der Waals surface area contributed by atoms with E-state index in [1.165, 1.54) is 33.3 Å². The van der Waals surface area contributed by atoms with Crippen molar-refractivity contribution in [1.82, 2.24) is 0 Å². The average molecular weight is 795 g/mol. The lowest BCUT2D eigenvalue weighted by atomic mass is 9.70. The Hall–Kier alpha value is -3.18. The molecule has 3 fully saturated rings. The smallest absolute Gasteiger partial charge is 0.330 e. The highest BCUT2D eigenvalue weighted by molar-refractivity contribution is 5.83. The van der Waals surface area contributed by atoms with Crippen LogP contribution in [-0.4, -0.2) is 119 Å². The lowest BCUT2D eigenvalue weighted by Crippen LogP contribution is -2.62. The van der Waals surface area contributed by atoms with Crippen molar-refractivity contribution in [1.29, 1.82) is 0 Å². The van der Waals surface area contributed by atoms with E-state index < -0.39 is 102 Å². The van der Waals surface area contributed by atoms with Crippen LogP contribution in [0, 0.1) is 10.8 Å². The van der Waals surface area contributed by atoms with E-state index in [0.29, 0.717) is 17.6 Å². The second kappa shape index (κ2) is 18.6. The summed E-state index contributed by atoms with van der Waals surface area (Å²) < 4.78 is 40.7. The number of methoxy groups -OCH3 is 2. The molecular formula is C41H62O15. The summed E-state index contributed by atoms with van der Waals surface area (Å²) in [5.41, 5.74) is -1.15. The highest BCUT2D eigenvalue weighted by Gasteiger charge is 2.58. The minimum absolute atomic E-state index is 0.0616. The van der Waals surface area contributed by atoms with Gasteiger partial charge in [0, 0.05) is 56.1 Å². The first-order chi connectivity index (χ1) is 26.1. The lowest BCUT2D eigenvalue weighted by molar-refractivity contribution is -0.348. The molecule has 0 aromatic rings. The minimum atomic E-state index is -1.99. The van der Waals surface area contributed by atoms with Gasteiger partial charge in [0.15, 0.2) is 11.6 Å². The second-order valence-electron chi connectivity index (χ2n) is 16.9. The average Bonchev–Trinajstić information content (AvgIpc) is 3.08. The van der Waals surface area contributed by atoms with Gasteiger partial charge in [-0.2, -0.15) is 0 Å². The summed E-state index contributed by atoms with van der Waals surface area (Å²) in [5, 5.41) is 46.6. The van der Waals surface area contributed by atoms with E-state index in [4.69, 9.17) is 33.2 Å². The number of carbonyl (C=O) groups excluding carboxylic acids is 4. The third kappa shape index (κ3) is 11.3. The van der Waals surface area contributed by atoms with Gasteiger partial charge in [-0.25, -0.2) is 9.59 Å². The van der Waals surface area contributed by atoms with E-state index >= 15 is 0 Å². The quantitative estimate of drug-likeness (QED) is 0.131. The van der Waals surface area contributed by atoms with Gasteiger partial charge < -0.3 is 53.6 Å². The van der Waals surface area contributed by atoms with Crippen molar-refractivity contribution in [3.63, 3.8) is 0 Å². The van der Waals surface area contributed by atoms with Crippen LogP contribution >= 0.6 is 0 Å². The molecule has 3 saturated heterocycles. The molecule has 0 saturated carbocycles. The molecule has 0 aliphatic carbocycles. The Morgan fingerprint density at radius 3 is 2.14 bits per heavy atom. The summed E-state index contributed by atoms with van der Waals surface area (Å²) in [4.78, 5) is 50.9. The van der Waals surface area contributed by atoms with Gasteiger partial charge in [0.25, 0.3) is 0 Å². The van der Waals surface area contributed by atoms with Crippen LogP contribution in [0.15, 0.2) is 35.5 Å². The number of aliphatic hydroxyl groups excluding tert-OH is 2. The molecule has 0 radical (unpaired) electrons. The first-order valence-corrected chi connectivity index (χ1v) is 19.6. The number of ether oxygens (including phenoxy) is 7. The Bertz CT molecular complexity index is 1510. The Kier molecular flexibility index (Phi) is 15.1. The molecule has 4 rings (SSSR count). The first-order valence-electron chi connectivity index (χ1n) is 19.6. The number of fused-ring (bicyclic) bond motifs is 6. The summed E-state index contributed by atoms with van der Waals surface area (Å²) in [6, 6.07) is 0. The van der Waals surface area contributed by atoms with Crippen molar-refractivity contribution in [2.75, 3.05) is 14.2 Å². The number of carbonyl (C=O) groups is 4. The van der Waals surface area contributed by atoms with E-state index in [1.807, 2.05) is 6.92 Å². The molecular weight excluding hydrogens is 732 g/mol. The molecule has 6 bridgehead atoms. The fourth-order valence-electron chi connectivity index (χ4n) is 7.95.